The normalized spacial score (nSPS) is 13.6. The van der Waals surface area contributed by atoms with E-state index in [9.17, 15) is 1.37 Å². The number of hydrogen-bond acceptors (Lipinski definition) is 3. The van der Waals surface area contributed by atoms with E-state index in [2.05, 4.69) is 0 Å². The Labute approximate surface area is 332 Å². The molecule has 8 aromatic carbocycles. The fraction of sp³-hybridized carbons (Fsp3) is 0. The molecule has 0 N–H and O–H groups in total. The van der Waals surface area contributed by atoms with Crippen LogP contribution in [0.5, 0.6) is 0 Å². The van der Waals surface area contributed by atoms with E-state index in [0.29, 0.717) is 45.2 Å². The van der Waals surface area contributed by atoms with E-state index in [1.807, 2.05) is 133 Å². The van der Waals surface area contributed by atoms with Crippen LogP contribution in [0.2, 0.25) is 0 Å². The fourth-order valence-electron chi connectivity index (χ4n) is 7.01. The van der Waals surface area contributed by atoms with Gasteiger partial charge in [0.25, 0.3) is 0 Å². The molecular weight excluding hydrogens is 669 g/mol. The molecule has 0 saturated heterocycles. The molecule has 0 radical (unpaired) electrons. The lowest BCUT2D eigenvalue weighted by Crippen LogP contribution is -2.03. The average molecular weight is 712 g/mol. The molecule has 258 valence electrons. The molecule has 4 nitrogen and oxygen atoms in total. The lowest BCUT2D eigenvalue weighted by Gasteiger charge is -2.15. The second-order valence-corrected chi connectivity index (χ2v) is 13.0. The first-order chi connectivity index (χ1) is 31.0. The SMILES string of the molecule is [2H]c1c([2H])c([2H])c(-c2ccc3c4c([2H])c([2H])c([2H])c([2H])c4n(-c4ccccc4-c4nc(-c5ccc(-c6ccccc6)cc5)nc(-c5ccc(-c6ccccc6)cc5)n4)c3c2)c([2H])c1[2H]. The van der Waals surface area contributed by atoms with Crippen molar-refractivity contribution in [1.82, 2.24) is 19.5 Å². The number of para-hydroxylation sites is 2. The van der Waals surface area contributed by atoms with Gasteiger partial charge in [0.15, 0.2) is 17.5 Å². The molecule has 0 aliphatic rings. The van der Waals surface area contributed by atoms with Crippen LogP contribution in [0.25, 0.3) is 95.0 Å². The maximum absolute atomic E-state index is 9.26. The van der Waals surface area contributed by atoms with Gasteiger partial charge in [0.2, 0.25) is 0 Å². The molecule has 0 amide bonds. The Kier molecular flexibility index (Phi) is 6.04. The van der Waals surface area contributed by atoms with E-state index >= 15 is 0 Å². The Bertz CT molecular complexity index is 3340. The third-order valence-corrected chi connectivity index (χ3v) is 9.71. The molecule has 0 bridgehead atoms. The minimum atomic E-state index is -0.512. The van der Waals surface area contributed by atoms with E-state index < -0.39 is 30.2 Å². The Morgan fingerprint density at radius 1 is 0.345 bits per heavy atom. The average Bonchev–Trinajstić information content (AvgIpc) is 3.69. The van der Waals surface area contributed by atoms with E-state index in [1.54, 1.807) is 22.8 Å². The molecule has 10 rings (SSSR count). The summed E-state index contributed by atoms with van der Waals surface area (Å²) in [4.78, 5) is 15.2. The summed E-state index contributed by atoms with van der Waals surface area (Å²) in [5.74, 6) is 1.12. The van der Waals surface area contributed by atoms with Gasteiger partial charge in [0.05, 0.1) is 29.1 Å². The molecule has 0 fully saturated rings. The molecule has 0 unspecified atom stereocenters. The van der Waals surface area contributed by atoms with Crippen molar-refractivity contribution in [2.24, 2.45) is 0 Å². The Balaban J connectivity index is 1.22. The highest BCUT2D eigenvalue weighted by atomic mass is 15.1. The van der Waals surface area contributed by atoms with Gasteiger partial charge in [-0.05, 0) is 57.6 Å². The maximum atomic E-state index is 9.26. The summed E-state index contributed by atoms with van der Waals surface area (Å²) in [6, 6.07) is 44.8. The summed E-state index contributed by atoms with van der Waals surface area (Å²) in [7, 11) is 0. The van der Waals surface area contributed by atoms with Gasteiger partial charge in [-0.1, -0.05) is 182 Å². The number of aromatic nitrogens is 4. The summed E-state index contributed by atoms with van der Waals surface area (Å²) in [6.45, 7) is 0. The summed E-state index contributed by atoms with van der Waals surface area (Å²) < 4.78 is 79.9. The summed E-state index contributed by atoms with van der Waals surface area (Å²) in [6.07, 6.45) is 0. The molecular formula is C51H34N4. The zero-order valence-electron chi connectivity index (χ0n) is 38.2. The minimum Gasteiger partial charge on any atom is -0.308 e. The summed E-state index contributed by atoms with van der Waals surface area (Å²) >= 11 is 0. The van der Waals surface area contributed by atoms with Crippen LogP contribution in [0, 0.1) is 0 Å². The zero-order chi connectivity index (χ0) is 44.4. The number of rotatable bonds is 7. The lowest BCUT2D eigenvalue weighted by atomic mass is 10.0. The van der Waals surface area contributed by atoms with Gasteiger partial charge in [-0.25, -0.2) is 15.0 Å². The van der Waals surface area contributed by atoms with Gasteiger partial charge < -0.3 is 4.57 Å². The van der Waals surface area contributed by atoms with E-state index in [4.69, 9.17) is 25.9 Å². The Morgan fingerprint density at radius 2 is 0.836 bits per heavy atom. The molecule has 10 aromatic rings. The molecule has 55 heavy (non-hydrogen) atoms. The first-order valence-corrected chi connectivity index (χ1v) is 17.8. The quantitative estimate of drug-likeness (QED) is 0.165. The van der Waals surface area contributed by atoms with E-state index in [1.165, 1.54) is 0 Å². The third-order valence-electron chi connectivity index (χ3n) is 9.71. The van der Waals surface area contributed by atoms with Gasteiger partial charge in [-0.2, -0.15) is 0 Å². The number of benzene rings is 8. The summed E-state index contributed by atoms with van der Waals surface area (Å²) in [5, 5.41) is 0.736. The Hall–Kier alpha value is -7.43. The van der Waals surface area contributed by atoms with Crippen LogP contribution in [0.3, 0.4) is 0 Å². The first kappa shape index (κ1) is 24.0. The molecule has 2 heterocycles. The topological polar surface area (TPSA) is 43.6 Å². The van der Waals surface area contributed by atoms with Crippen molar-refractivity contribution in [3.8, 4) is 73.2 Å². The summed E-state index contributed by atoms with van der Waals surface area (Å²) in [5.41, 5.74) is 7.59. The van der Waals surface area contributed by atoms with Gasteiger partial charge in [0, 0.05) is 27.5 Å². The maximum Gasteiger partial charge on any atom is 0.166 e. The fourth-order valence-corrected chi connectivity index (χ4v) is 7.01. The van der Waals surface area contributed by atoms with Crippen molar-refractivity contribution in [2.45, 2.75) is 0 Å². The van der Waals surface area contributed by atoms with Crippen molar-refractivity contribution in [1.29, 1.82) is 0 Å². The molecule has 4 heteroatoms. The Morgan fingerprint density at radius 3 is 1.47 bits per heavy atom. The highest BCUT2D eigenvalue weighted by molar-refractivity contribution is 6.10. The van der Waals surface area contributed by atoms with Crippen LogP contribution in [0.15, 0.2) is 206 Å². The van der Waals surface area contributed by atoms with E-state index in [-0.39, 0.29) is 40.6 Å². The molecule has 0 aliphatic heterocycles. The van der Waals surface area contributed by atoms with Crippen LogP contribution >= 0.6 is 0 Å². The second kappa shape index (κ2) is 13.8. The molecule has 0 saturated carbocycles. The smallest absolute Gasteiger partial charge is 0.166 e. The zero-order valence-corrected chi connectivity index (χ0v) is 29.2. The first-order valence-electron chi connectivity index (χ1n) is 22.3. The van der Waals surface area contributed by atoms with Gasteiger partial charge >= 0.3 is 0 Å². The predicted molar refractivity (Wildman–Crippen MR) is 227 cm³/mol. The van der Waals surface area contributed by atoms with Crippen molar-refractivity contribution >= 4 is 21.8 Å². The highest BCUT2D eigenvalue weighted by Gasteiger charge is 2.20. The van der Waals surface area contributed by atoms with Gasteiger partial charge in [-0.15, -0.1) is 0 Å². The highest BCUT2D eigenvalue weighted by Crippen LogP contribution is 2.38. The number of hydrogen-bond donors (Lipinski definition) is 0. The lowest BCUT2D eigenvalue weighted by molar-refractivity contribution is 1.06. The molecule has 0 spiro atoms. The second-order valence-electron chi connectivity index (χ2n) is 13.0. The van der Waals surface area contributed by atoms with Gasteiger partial charge in [-0.3, -0.25) is 0 Å². The molecule has 0 aliphatic carbocycles. The number of nitrogens with zero attached hydrogens (tertiary/aromatic N) is 4. The van der Waals surface area contributed by atoms with Crippen molar-refractivity contribution < 1.29 is 12.3 Å². The minimum absolute atomic E-state index is 0.0131. The largest absolute Gasteiger partial charge is 0.308 e. The van der Waals surface area contributed by atoms with Crippen molar-refractivity contribution in [3.63, 3.8) is 0 Å². The van der Waals surface area contributed by atoms with Crippen LogP contribution in [-0.4, -0.2) is 19.5 Å². The van der Waals surface area contributed by atoms with Crippen LogP contribution in [-0.2, 0) is 0 Å². The van der Waals surface area contributed by atoms with Crippen molar-refractivity contribution in [2.75, 3.05) is 0 Å². The molecule has 0 atom stereocenters. The third kappa shape index (κ3) is 6.06. The molecule has 2 aromatic heterocycles. The van der Waals surface area contributed by atoms with Crippen LogP contribution < -0.4 is 0 Å². The standard InChI is InChI=1S/C51H34N4/c1-4-14-35(15-5-1)38-24-28-40(29-25-38)49-52-50(41-30-26-39(27-31-41)36-16-6-2-7-17-36)54-51(53-49)45-21-11-13-23-47(45)55-46-22-12-10-20-43(46)44-33-32-42(34-48(44)55)37-18-8-3-9-19-37/h1-34H/i3D,8D,9D,10D,12D,18D,19D,20D,22D. The van der Waals surface area contributed by atoms with E-state index in [0.717, 1.165) is 33.4 Å². The van der Waals surface area contributed by atoms with Crippen LogP contribution in [0.1, 0.15) is 12.3 Å². The monoisotopic (exact) mass is 711 g/mol. The van der Waals surface area contributed by atoms with Crippen molar-refractivity contribution in [3.05, 3.63) is 206 Å². The number of fused-ring (bicyclic) bond motifs is 3. The predicted octanol–water partition coefficient (Wildman–Crippen LogP) is 13.0. The van der Waals surface area contributed by atoms with Crippen LogP contribution in [0.4, 0.5) is 0 Å². The van der Waals surface area contributed by atoms with Gasteiger partial charge in [0.1, 0.15) is 0 Å².